The van der Waals surface area contributed by atoms with Gasteiger partial charge in [0.1, 0.15) is 0 Å². The fourth-order valence-corrected chi connectivity index (χ4v) is 2.15. The number of aryl methyl sites for hydroxylation is 2. The second-order valence-electron chi connectivity index (χ2n) is 4.11. The van der Waals surface area contributed by atoms with Gasteiger partial charge in [0.05, 0.1) is 11.8 Å². The predicted octanol–water partition coefficient (Wildman–Crippen LogP) is 1.21. The molecule has 1 aliphatic rings. The third kappa shape index (κ3) is 1.27. The summed E-state index contributed by atoms with van der Waals surface area (Å²) in [6.45, 7) is 4.14. The van der Waals surface area contributed by atoms with E-state index in [0.29, 0.717) is 11.8 Å². The zero-order valence-electron chi connectivity index (χ0n) is 8.36. The third-order valence-corrected chi connectivity index (χ3v) is 3.19. The summed E-state index contributed by atoms with van der Waals surface area (Å²) < 4.78 is 1.85. The van der Waals surface area contributed by atoms with Crippen LogP contribution in [0.4, 0.5) is 0 Å². The molecule has 1 aromatic heterocycles. The Labute approximate surface area is 78.4 Å². The predicted molar refractivity (Wildman–Crippen MR) is 50.5 cm³/mol. The van der Waals surface area contributed by atoms with E-state index in [1.165, 1.54) is 5.56 Å². The van der Waals surface area contributed by atoms with Crippen LogP contribution < -0.4 is 0 Å². The van der Waals surface area contributed by atoms with Crippen molar-refractivity contribution in [2.24, 2.45) is 13.0 Å². The molecule has 0 saturated heterocycles. The topological polar surface area (TPSA) is 38.0 Å². The van der Waals surface area contributed by atoms with E-state index in [0.717, 1.165) is 12.1 Å². The van der Waals surface area contributed by atoms with E-state index in [1.807, 2.05) is 18.7 Å². The molecule has 0 aromatic carbocycles. The van der Waals surface area contributed by atoms with Crippen molar-refractivity contribution in [2.75, 3.05) is 0 Å². The molecule has 1 heterocycles. The Morgan fingerprint density at radius 3 is 2.69 bits per heavy atom. The molecule has 1 N–H and O–H groups in total. The Kier molecular flexibility index (Phi) is 1.91. The summed E-state index contributed by atoms with van der Waals surface area (Å²) in [5.41, 5.74) is 2.41. The lowest BCUT2D eigenvalue weighted by molar-refractivity contribution is 0.0115. The van der Waals surface area contributed by atoms with Gasteiger partial charge in [-0.1, -0.05) is 6.92 Å². The summed E-state index contributed by atoms with van der Waals surface area (Å²) in [6, 6.07) is 0. The van der Waals surface area contributed by atoms with Crippen LogP contribution in [0.5, 0.6) is 0 Å². The Morgan fingerprint density at radius 1 is 1.62 bits per heavy atom. The van der Waals surface area contributed by atoms with Crippen LogP contribution in [0.25, 0.3) is 0 Å². The minimum absolute atomic E-state index is 0.107. The van der Waals surface area contributed by atoms with Crippen molar-refractivity contribution in [1.82, 2.24) is 9.78 Å². The summed E-state index contributed by atoms with van der Waals surface area (Å²) in [5.74, 6) is 0.909. The van der Waals surface area contributed by atoms with E-state index in [1.54, 1.807) is 0 Å². The number of aliphatic hydroxyl groups is 1. The molecule has 1 aliphatic carbocycles. The molecule has 3 unspecified atom stereocenters. The lowest BCUT2D eigenvalue weighted by Gasteiger charge is -2.39. The number of nitrogens with zero attached hydrogens (tertiary/aromatic N) is 2. The monoisotopic (exact) mass is 180 g/mol. The van der Waals surface area contributed by atoms with E-state index in [2.05, 4.69) is 18.2 Å². The lowest BCUT2D eigenvalue weighted by atomic mass is 9.69. The highest BCUT2D eigenvalue weighted by molar-refractivity contribution is 5.25. The standard InChI is InChI=1S/C10H16N2O/c1-6-8(4-10(6)13)9-5-12(3)11-7(9)2/h5-6,8,10,13H,4H2,1-3H3. The highest BCUT2D eigenvalue weighted by atomic mass is 16.3. The molecule has 13 heavy (non-hydrogen) atoms. The van der Waals surface area contributed by atoms with E-state index < -0.39 is 0 Å². The first kappa shape index (κ1) is 8.75. The van der Waals surface area contributed by atoms with E-state index in [4.69, 9.17) is 0 Å². The van der Waals surface area contributed by atoms with Gasteiger partial charge >= 0.3 is 0 Å². The number of hydrogen-bond donors (Lipinski definition) is 1. The molecule has 1 aromatic rings. The molecular formula is C10H16N2O. The zero-order chi connectivity index (χ0) is 9.59. The van der Waals surface area contributed by atoms with Crippen LogP contribution >= 0.6 is 0 Å². The van der Waals surface area contributed by atoms with Gasteiger partial charge in [0.2, 0.25) is 0 Å². The van der Waals surface area contributed by atoms with Crippen LogP contribution in [0.3, 0.4) is 0 Å². The Hall–Kier alpha value is -0.830. The first-order chi connectivity index (χ1) is 6.09. The van der Waals surface area contributed by atoms with E-state index in [9.17, 15) is 5.11 Å². The second-order valence-corrected chi connectivity index (χ2v) is 4.11. The van der Waals surface area contributed by atoms with Crippen molar-refractivity contribution >= 4 is 0 Å². The van der Waals surface area contributed by atoms with E-state index in [-0.39, 0.29) is 6.10 Å². The van der Waals surface area contributed by atoms with Crippen LogP contribution in [0.1, 0.15) is 30.5 Å². The quantitative estimate of drug-likeness (QED) is 0.705. The molecule has 3 atom stereocenters. The smallest absolute Gasteiger partial charge is 0.0628 e. The van der Waals surface area contributed by atoms with Gasteiger partial charge < -0.3 is 5.11 Å². The van der Waals surface area contributed by atoms with E-state index >= 15 is 0 Å². The van der Waals surface area contributed by atoms with Crippen molar-refractivity contribution in [3.63, 3.8) is 0 Å². The fourth-order valence-electron chi connectivity index (χ4n) is 2.15. The largest absolute Gasteiger partial charge is 0.393 e. The molecule has 2 rings (SSSR count). The average molecular weight is 180 g/mol. The highest BCUT2D eigenvalue weighted by Gasteiger charge is 2.38. The molecule has 0 amide bonds. The molecule has 0 spiro atoms. The normalized spacial score (nSPS) is 33.1. The molecule has 1 fully saturated rings. The van der Waals surface area contributed by atoms with Gasteiger partial charge in [-0.3, -0.25) is 4.68 Å². The SMILES string of the molecule is Cc1nn(C)cc1C1CC(O)C1C. The van der Waals surface area contributed by atoms with Crippen LogP contribution in [0.2, 0.25) is 0 Å². The minimum atomic E-state index is -0.107. The maximum atomic E-state index is 9.42. The molecule has 3 heteroatoms. The van der Waals surface area contributed by atoms with Crippen molar-refractivity contribution in [3.8, 4) is 0 Å². The first-order valence-electron chi connectivity index (χ1n) is 4.78. The molecule has 1 saturated carbocycles. The summed E-state index contributed by atoms with van der Waals surface area (Å²) in [4.78, 5) is 0. The molecule has 0 aliphatic heterocycles. The molecular weight excluding hydrogens is 164 g/mol. The summed E-state index contributed by atoms with van der Waals surface area (Å²) in [5, 5.41) is 13.7. The number of hydrogen-bond acceptors (Lipinski definition) is 2. The minimum Gasteiger partial charge on any atom is -0.393 e. The van der Waals surface area contributed by atoms with Crippen LogP contribution in [-0.4, -0.2) is 21.0 Å². The van der Waals surface area contributed by atoms with Crippen LogP contribution in [0.15, 0.2) is 6.20 Å². The molecule has 0 radical (unpaired) electrons. The first-order valence-corrected chi connectivity index (χ1v) is 4.78. The van der Waals surface area contributed by atoms with Crippen molar-refractivity contribution in [2.45, 2.75) is 32.3 Å². The van der Waals surface area contributed by atoms with Gasteiger partial charge in [0, 0.05) is 13.2 Å². The zero-order valence-corrected chi connectivity index (χ0v) is 8.36. The second kappa shape index (κ2) is 2.84. The number of aliphatic hydroxyl groups excluding tert-OH is 1. The number of rotatable bonds is 1. The maximum Gasteiger partial charge on any atom is 0.0628 e. The Balaban J connectivity index is 2.22. The van der Waals surface area contributed by atoms with Gasteiger partial charge in [-0.2, -0.15) is 5.10 Å². The van der Waals surface area contributed by atoms with Crippen LogP contribution in [0, 0.1) is 12.8 Å². The Bertz CT molecular complexity index is 319. The molecule has 0 bridgehead atoms. The van der Waals surface area contributed by atoms with Gasteiger partial charge in [-0.15, -0.1) is 0 Å². The summed E-state index contributed by atoms with van der Waals surface area (Å²) in [6.07, 6.45) is 2.86. The summed E-state index contributed by atoms with van der Waals surface area (Å²) >= 11 is 0. The van der Waals surface area contributed by atoms with Gasteiger partial charge in [0.25, 0.3) is 0 Å². The molecule has 3 nitrogen and oxygen atoms in total. The molecule has 72 valence electrons. The van der Waals surface area contributed by atoms with Crippen molar-refractivity contribution < 1.29 is 5.11 Å². The van der Waals surface area contributed by atoms with Gasteiger partial charge in [0.15, 0.2) is 0 Å². The van der Waals surface area contributed by atoms with Gasteiger partial charge in [-0.05, 0) is 30.7 Å². The highest BCUT2D eigenvalue weighted by Crippen LogP contribution is 2.43. The van der Waals surface area contributed by atoms with Gasteiger partial charge in [-0.25, -0.2) is 0 Å². The summed E-state index contributed by atoms with van der Waals surface area (Å²) in [7, 11) is 1.94. The number of aromatic nitrogens is 2. The Morgan fingerprint density at radius 2 is 2.31 bits per heavy atom. The fraction of sp³-hybridized carbons (Fsp3) is 0.700. The third-order valence-electron chi connectivity index (χ3n) is 3.19. The maximum absolute atomic E-state index is 9.42. The van der Waals surface area contributed by atoms with Crippen LogP contribution in [-0.2, 0) is 7.05 Å². The van der Waals surface area contributed by atoms with Crippen molar-refractivity contribution in [1.29, 1.82) is 0 Å². The average Bonchev–Trinajstić information content (AvgIpc) is 2.40. The lowest BCUT2D eigenvalue weighted by Crippen LogP contribution is -2.37. The van der Waals surface area contributed by atoms with Crippen molar-refractivity contribution in [3.05, 3.63) is 17.5 Å².